The third kappa shape index (κ3) is 15.7. The number of hydrogen-bond donors (Lipinski definition) is 3. The number of aliphatic hydroxyl groups excluding tert-OH is 3. The summed E-state index contributed by atoms with van der Waals surface area (Å²) in [7, 11) is 9.47. The second-order valence-electron chi connectivity index (χ2n) is 2.06. The van der Waals surface area contributed by atoms with E-state index in [1.165, 1.54) is 0 Å². The third-order valence-electron chi connectivity index (χ3n) is 1.25. The van der Waals surface area contributed by atoms with Crippen LogP contribution in [0.4, 0.5) is 0 Å². The Balaban J connectivity index is 0. The van der Waals surface area contributed by atoms with E-state index in [1.54, 1.807) is 4.90 Å². The van der Waals surface area contributed by atoms with Crippen LogP contribution in [0, 0.1) is 0 Å². The van der Waals surface area contributed by atoms with Crippen molar-refractivity contribution >= 4 is 20.3 Å². The Morgan fingerprint density at radius 1 is 0.846 bits per heavy atom. The van der Waals surface area contributed by atoms with Crippen LogP contribution in [-0.4, -0.2) is 59.7 Å². The Morgan fingerprint density at radius 2 is 1.08 bits per heavy atom. The van der Waals surface area contributed by atoms with Crippen molar-refractivity contribution in [1.82, 2.24) is 4.90 Å². The van der Waals surface area contributed by atoms with Crippen LogP contribution in [0.2, 0.25) is 0 Å². The van der Waals surface area contributed by atoms with Gasteiger partial charge in [0.2, 0.25) is 0 Å². The molecule has 0 aromatic rings. The number of hydrogen-bond acceptors (Lipinski definition) is 4. The van der Waals surface area contributed by atoms with Crippen molar-refractivity contribution in [2.24, 2.45) is 0 Å². The molecule has 3 N–H and O–H groups in total. The van der Waals surface area contributed by atoms with Crippen LogP contribution in [0.1, 0.15) is 0 Å². The van der Waals surface area contributed by atoms with Crippen molar-refractivity contribution in [3.63, 3.8) is 0 Å². The Hall–Kier alpha value is 0.926. The van der Waals surface area contributed by atoms with Crippen LogP contribution in [0.15, 0.2) is 0 Å². The molecule has 0 fully saturated rings. The standard InChI is InChI=1S/C6H15NO3.2ClH.Co/c8-4-1-7(2-5-9)3-6-10;;;/h8-10H,1-6H2;2*1H;/q;;;+2/p-2. The number of aliphatic hydroxyl groups is 3. The van der Waals surface area contributed by atoms with Gasteiger partial charge in [-0.3, -0.25) is 4.90 Å². The van der Waals surface area contributed by atoms with Gasteiger partial charge in [0.15, 0.2) is 0 Å². The Bertz CT molecular complexity index is 78.0. The molecule has 0 aliphatic carbocycles. The molecule has 0 aromatic heterocycles. The summed E-state index contributed by atoms with van der Waals surface area (Å²) >= 11 is 0.382. The molecule has 7 heteroatoms. The van der Waals surface area contributed by atoms with Gasteiger partial charge in [-0.2, -0.15) is 0 Å². The molecule has 4 nitrogen and oxygen atoms in total. The summed E-state index contributed by atoms with van der Waals surface area (Å²) in [5.41, 5.74) is 0. The van der Waals surface area contributed by atoms with E-state index in [4.69, 9.17) is 35.6 Å². The van der Waals surface area contributed by atoms with Crippen molar-refractivity contribution in [2.75, 3.05) is 39.5 Å². The van der Waals surface area contributed by atoms with E-state index >= 15 is 0 Å². The molecule has 0 saturated heterocycles. The van der Waals surface area contributed by atoms with Gasteiger partial charge in [0.05, 0.1) is 19.8 Å². The first kappa shape index (κ1) is 16.4. The molecule has 0 heterocycles. The first-order chi connectivity index (χ1) is 6.26. The molecule has 0 atom stereocenters. The molecule has 0 aliphatic heterocycles. The molecule has 0 aromatic carbocycles. The van der Waals surface area contributed by atoms with Crippen molar-refractivity contribution in [1.29, 1.82) is 0 Å². The molecule has 0 unspecified atom stereocenters. The molecule has 0 bridgehead atoms. The summed E-state index contributed by atoms with van der Waals surface area (Å²) in [6.45, 7) is 1.75. The molecule has 0 radical (unpaired) electrons. The molecule has 0 aliphatic rings. The zero-order valence-electron chi connectivity index (χ0n) is 7.12. The fourth-order valence-electron chi connectivity index (χ4n) is 0.760. The van der Waals surface area contributed by atoms with E-state index in [9.17, 15) is 0 Å². The first-order valence-corrected chi connectivity index (χ1v) is 6.51. The van der Waals surface area contributed by atoms with Crippen molar-refractivity contribution in [3.8, 4) is 0 Å². The molecule has 0 amide bonds. The van der Waals surface area contributed by atoms with Gasteiger partial charge in [0.25, 0.3) is 0 Å². The zero-order chi connectivity index (χ0) is 10.5. The average Bonchev–Trinajstić information content (AvgIpc) is 2.07. The molecular weight excluding hydrogens is 264 g/mol. The number of rotatable bonds is 6. The first-order valence-electron chi connectivity index (χ1n) is 3.65. The topological polar surface area (TPSA) is 63.9 Å². The summed E-state index contributed by atoms with van der Waals surface area (Å²) in [6, 6.07) is 0. The second-order valence-corrected chi connectivity index (χ2v) is 3.78. The zero-order valence-corrected chi connectivity index (χ0v) is 9.67. The van der Waals surface area contributed by atoms with E-state index < -0.39 is 0 Å². The van der Waals surface area contributed by atoms with E-state index in [1.807, 2.05) is 0 Å². The minimum absolute atomic E-state index is 0.0694. The summed E-state index contributed by atoms with van der Waals surface area (Å²) in [5.74, 6) is 0. The van der Waals surface area contributed by atoms with Crippen LogP contribution < -0.4 is 0 Å². The monoisotopic (exact) mass is 278 g/mol. The summed E-state index contributed by atoms with van der Waals surface area (Å²) < 4.78 is 0. The van der Waals surface area contributed by atoms with Crippen molar-refractivity contribution in [2.45, 2.75) is 0 Å². The second kappa shape index (κ2) is 15.4. The summed E-state index contributed by atoms with van der Waals surface area (Å²) in [4.78, 5) is 1.79. The Morgan fingerprint density at radius 3 is 1.23 bits per heavy atom. The Labute approximate surface area is 92.9 Å². The van der Waals surface area contributed by atoms with E-state index in [0.717, 1.165) is 0 Å². The predicted octanol–water partition coefficient (Wildman–Crippen LogP) is -0.358. The number of halogens is 2. The van der Waals surface area contributed by atoms with Gasteiger partial charge in [-0.15, -0.1) is 0 Å². The third-order valence-corrected chi connectivity index (χ3v) is 1.25. The van der Waals surface area contributed by atoms with Gasteiger partial charge in [-0.05, 0) is 0 Å². The van der Waals surface area contributed by atoms with E-state index in [-0.39, 0.29) is 19.8 Å². The van der Waals surface area contributed by atoms with Gasteiger partial charge < -0.3 is 15.3 Å². The Kier molecular flexibility index (Phi) is 19.4. The van der Waals surface area contributed by atoms with Gasteiger partial charge in [-0.25, -0.2) is 0 Å². The van der Waals surface area contributed by atoms with Crippen LogP contribution in [-0.2, 0) is 12.9 Å². The fourth-order valence-corrected chi connectivity index (χ4v) is 0.760. The van der Waals surface area contributed by atoms with Crippen molar-refractivity contribution in [3.05, 3.63) is 0 Å². The average molecular weight is 279 g/mol. The molecule has 85 valence electrons. The van der Waals surface area contributed by atoms with Gasteiger partial charge in [0, 0.05) is 19.6 Å². The molecule has 13 heavy (non-hydrogen) atoms. The fraction of sp³-hybridized carbons (Fsp3) is 1.00. The summed E-state index contributed by atoms with van der Waals surface area (Å²) in [5, 5.41) is 25.5. The van der Waals surface area contributed by atoms with Gasteiger partial charge >= 0.3 is 33.2 Å². The molecule has 0 rings (SSSR count). The molecule has 0 saturated carbocycles. The van der Waals surface area contributed by atoms with Crippen LogP contribution >= 0.6 is 20.3 Å². The predicted molar refractivity (Wildman–Crippen MR) is 49.4 cm³/mol. The van der Waals surface area contributed by atoms with Gasteiger partial charge in [0.1, 0.15) is 0 Å². The molecular formula is C6H15Cl2CoNO3. The number of nitrogens with zero attached hydrogens (tertiary/aromatic N) is 1. The van der Waals surface area contributed by atoms with Crippen LogP contribution in [0.5, 0.6) is 0 Å². The van der Waals surface area contributed by atoms with Crippen LogP contribution in [0.25, 0.3) is 0 Å². The minimum atomic E-state index is 0.0694. The van der Waals surface area contributed by atoms with Crippen LogP contribution in [0.3, 0.4) is 0 Å². The molecule has 0 spiro atoms. The normalized spacial score (nSPS) is 10.0. The maximum atomic E-state index is 8.48. The van der Waals surface area contributed by atoms with E-state index in [0.29, 0.717) is 32.5 Å². The maximum absolute atomic E-state index is 8.48. The van der Waals surface area contributed by atoms with E-state index in [2.05, 4.69) is 0 Å². The summed E-state index contributed by atoms with van der Waals surface area (Å²) in [6.07, 6.45) is 0. The van der Waals surface area contributed by atoms with Crippen molar-refractivity contribution < 1.29 is 28.2 Å². The quantitative estimate of drug-likeness (QED) is 0.621. The van der Waals surface area contributed by atoms with Gasteiger partial charge in [-0.1, -0.05) is 0 Å². The SMILES string of the molecule is OCCN(CCO)CCO.[Cl][Co][Cl].